The highest BCUT2D eigenvalue weighted by molar-refractivity contribution is 5.88. The lowest BCUT2D eigenvalue weighted by atomic mass is 9.78. The van der Waals surface area contributed by atoms with E-state index in [4.69, 9.17) is 0 Å². The summed E-state index contributed by atoms with van der Waals surface area (Å²) in [7, 11) is 0. The lowest BCUT2D eigenvalue weighted by molar-refractivity contribution is -0.114. The smallest absolute Gasteiger partial charge is 0.155 e. The molecule has 1 aliphatic carbocycles. The number of carbonyl (C=O) groups excluding carboxylic acids is 1. The summed E-state index contributed by atoms with van der Waals surface area (Å²) in [5.74, 6) is 2.10. The second kappa shape index (κ2) is 7.65. The zero-order valence-corrected chi connectivity index (χ0v) is 10.7. The van der Waals surface area contributed by atoms with Crippen molar-refractivity contribution in [1.29, 1.82) is 0 Å². The van der Waals surface area contributed by atoms with E-state index in [0.29, 0.717) is 6.42 Å². The first-order chi connectivity index (χ1) is 7.76. The Morgan fingerprint density at radius 3 is 2.25 bits per heavy atom. The van der Waals surface area contributed by atoms with Crippen LogP contribution in [0.25, 0.3) is 0 Å². The maximum atomic E-state index is 11.1. The van der Waals surface area contributed by atoms with Crippen molar-refractivity contribution >= 4 is 5.78 Å². The van der Waals surface area contributed by atoms with Crippen LogP contribution in [0.1, 0.15) is 64.7 Å². The van der Waals surface area contributed by atoms with Crippen molar-refractivity contribution in [2.24, 2.45) is 11.8 Å². The summed E-state index contributed by atoms with van der Waals surface area (Å²) in [6, 6.07) is 0. The number of ketones is 1. The van der Waals surface area contributed by atoms with Gasteiger partial charge in [-0.3, -0.25) is 4.79 Å². The number of hydrogen-bond acceptors (Lipinski definition) is 1. The molecule has 1 aliphatic rings. The molecule has 92 valence electrons. The van der Waals surface area contributed by atoms with Crippen LogP contribution >= 0.6 is 0 Å². The van der Waals surface area contributed by atoms with E-state index in [0.717, 1.165) is 18.3 Å². The van der Waals surface area contributed by atoms with E-state index in [1.165, 1.54) is 51.0 Å². The van der Waals surface area contributed by atoms with Gasteiger partial charge in [-0.15, -0.1) is 0 Å². The van der Waals surface area contributed by atoms with Crippen LogP contribution in [-0.4, -0.2) is 5.78 Å². The summed E-state index contributed by atoms with van der Waals surface area (Å²) >= 11 is 0. The third-order valence-electron chi connectivity index (χ3n) is 3.93. The van der Waals surface area contributed by atoms with Gasteiger partial charge >= 0.3 is 0 Å². The molecular formula is C15H26O. The Bertz CT molecular complexity index is 211. The maximum Gasteiger partial charge on any atom is 0.155 e. The Morgan fingerprint density at radius 2 is 1.75 bits per heavy atom. The topological polar surface area (TPSA) is 17.1 Å². The minimum Gasteiger partial charge on any atom is -0.295 e. The molecule has 0 aromatic carbocycles. The summed E-state index contributed by atoms with van der Waals surface area (Å²) in [5, 5.41) is 0. The van der Waals surface area contributed by atoms with Crippen LogP contribution in [0, 0.1) is 11.8 Å². The molecule has 0 spiro atoms. The monoisotopic (exact) mass is 222 g/mol. The van der Waals surface area contributed by atoms with Crippen LogP contribution in [0.5, 0.6) is 0 Å². The predicted octanol–water partition coefficient (Wildman–Crippen LogP) is 4.52. The first kappa shape index (κ1) is 13.5. The molecule has 0 bridgehead atoms. The third kappa shape index (κ3) is 4.96. The molecule has 1 saturated carbocycles. The largest absolute Gasteiger partial charge is 0.295 e. The molecule has 0 amide bonds. The molecule has 0 N–H and O–H groups in total. The molecule has 0 aromatic rings. The SMILES string of the molecule is C=CC(=O)CCC[C@H]1CC[C@H](CCC)CC1. The van der Waals surface area contributed by atoms with Crippen LogP contribution in [0.3, 0.4) is 0 Å². The van der Waals surface area contributed by atoms with E-state index in [-0.39, 0.29) is 5.78 Å². The van der Waals surface area contributed by atoms with E-state index in [9.17, 15) is 4.79 Å². The highest BCUT2D eigenvalue weighted by atomic mass is 16.1. The van der Waals surface area contributed by atoms with Crippen LogP contribution in [0.15, 0.2) is 12.7 Å². The fourth-order valence-corrected chi connectivity index (χ4v) is 2.88. The van der Waals surface area contributed by atoms with E-state index < -0.39 is 0 Å². The number of rotatable bonds is 7. The third-order valence-corrected chi connectivity index (χ3v) is 3.93. The first-order valence-corrected chi connectivity index (χ1v) is 6.91. The first-order valence-electron chi connectivity index (χ1n) is 6.91. The molecule has 0 atom stereocenters. The molecule has 1 nitrogen and oxygen atoms in total. The average molecular weight is 222 g/mol. The molecule has 0 aliphatic heterocycles. The van der Waals surface area contributed by atoms with Gasteiger partial charge in [0.25, 0.3) is 0 Å². The number of allylic oxidation sites excluding steroid dienone is 1. The zero-order chi connectivity index (χ0) is 11.8. The van der Waals surface area contributed by atoms with Crippen molar-refractivity contribution in [3.8, 4) is 0 Å². The van der Waals surface area contributed by atoms with Gasteiger partial charge in [-0.25, -0.2) is 0 Å². The summed E-state index contributed by atoms with van der Waals surface area (Å²) < 4.78 is 0. The van der Waals surface area contributed by atoms with Gasteiger partial charge < -0.3 is 0 Å². The summed E-state index contributed by atoms with van der Waals surface area (Å²) in [6.45, 7) is 5.79. The van der Waals surface area contributed by atoms with Crippen molar-refractivity contribution in [2.75, 3.05) is 0 Å². The van der Waals surface area contributed by atoms with E-state index >= 15 is 0 Å². The van der Waals surface area contributed by atoms with E-state index in [1.54, 1.807) is 0 Å². The van der Waals surface area contributed by atoms with Crippen molar-refractivity contribution in [3.63, 3.8) is 0 Å². The van der Waals surface area contributed by atoms with Crippen molar-refractivity contribution in [1.82, 2.24) is 0 Å². The molecule has 1 fully saturated rings. The lowest BCUT2D eigenvalue weighted by Crippen LogP contribution is -2.14. The Hall–Kier alpha value is -0.590. The molecule has 16 heavy (non-hydrogen) atoms. The Labute approximate surface area is 100 Å². The summed E-state index contributed by atoms with van der Waals surface area (Å²) in [4.78, 5) is 11.1. The van der Waals surface area contributed by atoms with Gasteiger partial charge in [0.1, 0.15) is 0 Å². The van der Waals surface area contributed by atoms with Gasteiger partial charge in [0.05, 0.1) is 0 Å². The van der Waals surface area contributed by atoms with Gasteiger partial charge in [0.2, 0.25) is 0 Å². The Kier molecular flexibility index (Phi) is 6.44. The molecule has 0 radical (unpaired) electrons. The minimum absolute atomic E-state index is 0.208. The minimum atomic E-state index is 0.208. The number of hydrogen-bond donors (Lipinski definition) is 0. The molecular weight excluding hydrogens is 196 g/mol. The van der Waals surface area contributed by atoms with Gasteiger partial charge in [0.15, 0.2) is 5.78 Å². The molecule has 0 unspecified atom stereocenters. The van der Waals surface area contributed by atoms with Crippen LogP contribution in [-0.2, 0) is 4.79 Å². The highest BCUT2D eigenvalue weighted by Crippen LogP contribution is 2.33. The highest BCUT2D eigenvalue weighted by Gasteiger charge is 2.20. The summed E-state index contributed by atoms with van der Waals surface area (Å²) in [6.07, 6.45) is 12.9. The van der Waals surface area contributed by atoms with Gasteiger partial charge in [-0.2, -0.15) is 0 Å². The van der Waals surface area contributed by atoms with Crippen molar-refractivity contribution in [3.05, 3.63) is 12.7 Å². The fraction of sp³-hybridized carbons (Fsp3) is 0.800. The lowest BCUT2D eigenvalue weighted by Gasteiger charge is -2.28. The van der Waals surface area contributed by atoms with Crippen LogP contribution in [0.4, 0.5) is 0 Å². The summed E-state index contributed by atoms with van der Waals surface area (Å²) in [5.41, 5.74) is 0. The van der Waals surface area contributed by atoms with Gasteiger partial charge in [-0.1, -0.05) is 58.4 Å². The van der Waals surface area contributed by atoms with Crippen molar-refractivity contribution < 1.29 is 4.79 Å². The standard InChI is InChI=1S/C15H26O/c1-3-6-13-9-11-14(12-10-13)7-5-8-15(16)4-2/h4,13-14H,2-3,5-12H2,1H3/t13-,14-. The molecule has 0 aromatic heterocycles. The van der Waals surface area contributed by atoms with Gasteiger partial charge in [0, 0.05) is 6.42 Å². The second-order valence-corrected chi connectivity index (χ2v) is 5.24. The molecule has 0 saturated heterocycles. The second-order valence-electron chi connectivity index (χ2n) is 5.24. The molecule has 1 heteroatoms. The fourth-order valence-electron chi connectivity index (χ4n) is 2.88. The quantitative estimate of drug-likeness (QED) is 0.579. The predicted molar refractivity (Wildman–Crippen MR) is 69.4 cm³/mol. The maximum absolute atomic E-state index is 11.1. The number of carbonyl (C=O) groups is 1. The van der Waals surface area contributed by atoms with Crippen LogP contribution < -0.4 is 0 Å². The molecule has 1 rings (SSSR count). The zero-order valence-electron chi connectivity index (χ0n) is 10.7. The van der Waals surface area contributed by atoms with E-state index in [1.807, 2.05) is 0 Å². The molecule has 0 heterocycles. The van der Waals surface area contributed by atoms with Crippen LogP contribution in [0.2, 0.25) is 0 Å². The van der Waals surface area contributed by atoms with Crippen molar-refractivity contribution in [2.45, 2.75) is 64.7 Å². The normalized spacial score (nSPS) is 25.3. The Morgan fingerprint density at radius 1 is 1.19 bits per heavy atom. The average Bonchev–Trinajstić information content (AvgIpc) is 2.31. The van der Waals surface area contributed by atoms with Gasteiger partial charge in [-0.05, 0) is 24.3 Å². The Balaban J connectivity index is 2.08. The van der Waals surface area contributed by atoms with E-state index in [2.05, 4.69) is 13.5 Å².